The van der Waals surface area contributed by atoms with Gasteiger partial charge in [0.2, 0.25) is 5.91 Å². The molecule has 148 valence electrons. The Labute approximate surface area is 177 Å². The third-order valence-electron chi connectivity index (χ3n) is 5.32. The number of rotatable bonds is 5. The summed E-state index contributed by atoms with van der Waals surface area (Å²) in [4.78, 5) is 11.5. The molecule has 1 amide bonds. The summed E-state index contributed by atoms with van der Waals surface area (Å²) in [6.07, 6.45) is 3.36. The second-order valence-electron chi connectivity index (χ2n) is 7.40. The van der Waals surface area contributed by atoms with Gasteiger partial charge in [-0.3, -0.25) is 4.79 Å². The van der Waals surface area contributed by atoms with E-state index in [-0.39, 0.29) is 5.91 Å². The molecule has 0 atom stereocenters. The average Bonchev–Trinajstić information content (AvgIpc) is 3.47. The van der Waals surface area contributed by atoms with E-state index >= 15 is 0 Å². The first-order chi connectivity index (χ1) is 14.1. The van der Waals surface area contributed by atoms with Crippen LogP contribution in [0.2, 0.25) is 10.0 Å². The van der Waals surface area contributed by atoms with Crippen molar-refractivity contribution in [2.24, 2.45) is 0 Å². The monoisotopic (exact) mass is 428 g/mol. The van der Waals surface area contributed by atoms with Gasteiger partial charge in [0.05, 0.1) is 15.6 Å². The summed E-state index contributed by atoms with van der Waals surface area (Å²) in [6, 6.07) is 11.1. The van der Waals surface area contributed by atoms with Crippen molar-refractivity contribution < 1.29 is 14.1 Å². The zero-order valence-corrected chi connectivity index (χ0v) is 17.0. The van der Waals surface area contributed by atoms with Crippen LogP contribution in [0.25, 0.3) is 11.3 Å². The number of aryl methyl sites for hydroxylation is 1. The molecule has 7 heteroatoms. The van der Waals surface area contributed by atoms with E-state index in [9.17, 15) is 4.79 Å². The molecule has 1 aliphatic heterocycles. The predicted molar refractivity (Wildman–Crippen MR) is 112 cm³/mol. The fourth-order valence-corrected chi connectivity index (χ4v) is 4.23. The number of hydrogen-bond donors (Lipinski definition) is 1. The Morgan fingerprint density at radius 3 is 2.69 bits per heavy atom. The van der Waals surface area contributed by atoms with Crippen molar-refractivity contribution in [3.63, 3.8) is 0 Å². The molecule has 1 aliphatic carbocycles. The Balaban J connectivity index is 1.45. The van der Waals surface area contributed by atoms with Crippen LogP contribution >= 0.6 is 23.2 Å². The number of carbonyl (C=O) groups is 1. The molecule has 1 N–H and O–H groups in total. The summed E-state index contributed by atoms with van der Waals surface area (Å²) in [5.74, 6) is 2.00. The molecule has 2 aliphatic rings. The topological polar surface area (TPSA) is 64.4 Å². The van der Waals surface area contributed by atoms with E-state index in [1.165, 1.54) is 0 Å². The Hall–Kier alpha value is -2.50. The zero-order chi connectivity index (χ0) is 20.0. The molecule has 5 rings (SSSR count). The van der Waals surface area contributed by atoms with Crippen LogP contribution in [0.5, 0.6) is 5.75 Å². The maximum absolute atomic E-state index is 11.5. The molecule has 2 aromatic carbocycles. The number of amides is 1. The zero-order valence-electron chi connectivity index (χ0n) is 15.5. The summed E-state index contributed by atoms with van der Waals surface area (Å²) in [5.41, 5.74) is 4.10. The van der Waals surface area contributed by atoms with Crippen molar-refractivity contribution in [2.75, 3.05) is 5.32 Å². The highest BCUT2D eigenvalue weighted by Crippen LogP contribution is 2.46. The van der Waals surface area contributed by atoms with Crippen LogP contribution in [0, 0.1) is 0 Å². The maximum Gasteiger partial charge on any atom is 0.224 e. The molecular formula is C22H18Cl2N2O3. The first kappa shape index (κ1) is 18.5. The van der Waals surface area contributed by atoms with Crippen molar-refractivity contribution in [3.05, 3.63) is 63.3 Å². The SMILES string of the molecule is O=C1CCc2cc(OCc3c(-c4c(Cl)cccc4Cl)noc3C3CC3)ccc2N1. The summed E-state index contributed by atoms with van der Waals surface area (Å²) >= 11 is 12.8. The van der Waals surface area contributed by atoms with Gasteiger partial charge in [0, 0.05) is 23.6 Å². The highest BCUT2D eigenvalue weighted by molar-refractivity contribution is 6.39. The minimum absolute atomic E-state index is 0.0472. The molecule has 1 aromatic heterocycles. The van der Waals surface area contributed by atoms with Gasteiger partial charge < -0.3 is 14.6 Å². The highest BCUT2D eigenvalue weighted by Gasteiger charge is 2.33. The maximum atomic E-state index is 11.5. The molecule has 0 spiro atoms. The number of anilines is 1. The minimum atomic E-state index is 0.0472. The molecule has 29 heavy (non-hydrogen) atoms. The highest BCUT2D eigenvalue weighted by atomic mass is 35.5. The van der Waals surface area contributed by atoms with E-state index in [2.05, 4.69) is 10.5 Å². The molecule has 1 saturated carbocycles. The summed E-state index contributed by atoms with van der Waals surface area (Å²) in [7, 11) is 0. The Morgan fingerprint density at radius 2 is 1.93 bits per heavy atom. The number of fused-ring (bicyclic) bond motifs is 1. The number of carbonyl (C=O) groups excluding carboxylic acids is 1. The Bertz CT molecular complexity index is 1090. The number of ether oxygens (including phenoxy) is 1. The van der Waals surface area contributed by atoms with Crippen molar-refractivity contribution in [1.29, 1.82) is 0 Å². The van der Waals surface area contributed by atoms with Crippen molar-refractivity contribution in [3.8, 4) is 17.0 Å². The van der Waals surface area contributed by atoms with Gasteiger partial charge in [-0.05, 0) is 55.2 Å². The number of aromatic nitrogens is 1. The van der Waals surface area contributed by atoms with Gasteiger partial charge in [0.15, 0.2) is 0 Å². The fourth-order valence-electron chi connectivity index (χ4n) is 3.65. The lowest BCUT2D eigenvalue weighted by molar-refractivity contribution is -0.116. The van der Waals surface area contributed by atoms with Gasteiger partial charge in [0.1, 0.15) is 23.8 Å². The molecule has 0 saturated heterocycles. The van der Waals surface area contributed by atoms with Gasteiger partial charge in [0.25, 0.3) is 0 Å². The van der Waals surface area contributed by atoms with Gasteiger partial charge in [-0.15, -0.1) is 0 Å². The third kappa shape index (κ3) is 3.61. The van der Waals surface area contributed by atoms with E-state index in [1.807, 2.05) is 18.2 Å². The Morgan fingerprint density at radius 1 is 1.14 bits per heavy atom. The molecular weight excluding hydrogens is 411 g/mol. The van der Waals surface area contributed by atoms with E-state index < -0.39 is 0 Å². The smallest absolute Gasteiger partial charge is 0.224 e. The lowest BCUT2D eigenvalue weighted by Gasteiger charge is -2.18. The van der Waals surface area contributed by atoms with E-state index in [0.29, 0.717) is 46.7 Å². The number of nitrogens with zero attached hydrogens (tertiary/aromatic N) is 1. The van der Waals surface area contributed by atoms with Gasteiger partial charge in [-0.1, -0.05) is 34.4 Å². The van der Waals surface area contributed by atoms with Gasteiger partial charge in [-0.25, -0.2) is 0 Å². The van der Waals surface area contributed by atoms with Crippen LogP contribution in [0.4, 0.5) is 5.69 Å². The van der Waals surface area contributed by atoms with Crippen LogP contribution in [0.15, 0.2) is 40.9 Å². The first-order valence-corrected chi connectivity index (χ1v) is 10.3. The molecule has 0 bridgehead atoms. The van der Waals surface area contributed by atoms with Crippen LogP contribution in [0.3, 0.4) is 0 Å². The average molecular weight is 429 g/mol. The number of nitrogens with one attached hydrogen (secondary N) is 1. The second kappa shape index (κ2) is 7.39. The summed E-state index contributed by atoms with van der Waals surface area (Å²) in [5, 5.41) is 8.23. The molecule has 5 nitrogen and oxygen atoms in total. The first-order valence-electron chi connectivity index (χ1n) is 9.58. The molecule has 3 aromatic rings. The predicted octanol–water partition coefficient (Wildman–Crippen LogP) is 5.99. The molecule has 2 heterocycles. The molecule has 0 unspecified atom stereocenters. The Kier molecular flexibility index (Phi) is 4.72. The van der Waals surface area contributed by atoms with Crippen LogP contribution in [-0.2, 0) is 17.8 Å². The molecule has 1 fully saturated rings. The minimum Gasteiger partial charge on any atom is -0.489 e. The van der Waals surface area contributed by atoms with Crippen LogP contribution in [0.1, 0.15) is 42.1 Å². The summed E-state index contributed by atoms with van der Waals surface area (Å²) in [6.45, 7) is 0.303. The van der Waals surface area contributed by atoms with E-state index in [4.69, 9.17) is 32.5 Å². The number of benzene rings is 2. The standard InChI is InChI=1S/C22H18Cl2N2O3/c23-16-2-1-3-17(24)20(16)21-15(22(29-26-21)12-4-5-12)11-28-14-7-8-18-13(10-14)6-9-19(27)25-18/h1-3,7-8,10,12H,4-6,9,11H2,(H,25,27). The number of hydrogen-bond acceptors (Lipinski definition) is 4. The normalized spacial score (nSPS) is 15.7. The van der Waals surface area contributed by atoms with Gasteiger partial charge in [-0.2, -0.15) is 0 Å². The van der Waals surface area contributed by atoms with E-state index in [1.54, 1.807) is 18.2 Å². The largest absolute Gasteiger partial charge is 0.489 e. The van der Waals surface area contributed by atoms with Gasteiger partial charge >= 0.3 is 0 Å². The van der Waals surface area contributed by atoms with Crippen molar-refractivity contribution in [1.82, 2.24) is 5.16 Å². The third-order valence-corrected chi connectivity index (χ3v) is 5.95. The molecule has 0 radical (unpaired) electrons. The number of halogens is 2. The van der Waals surface area contributed by atoms with Crippen molar-refractivity contribution in [2.45, 2.75) is 38.2 Å². The summed E-state index contributed by atoms with van der Waals surface area (Å²) < 4.78 is 11.8. The van der Waals surface area contributed by atoms with E-state index in [0.717, 1.165) is 41.2 Å². The lowest BCUT2D eigenvalue weighted by Crippen LogP contribution is -2.18. The fraction of sp³-hybridized carbons (Fsp3) is 0.273. The van der Waals surface area contributed by atoms with Crippen molar-refractivity contribution >= 4 is 34.8 Å². The lowest BCUT2D eigenvalue weighted by atomic mass is 10.0. The van der Waals surface area contributed by atoms with Crippen LogP contribution in [-0.4, -0.2) is 11.1 Å². The quantitative estimate of drug-likeness (QED) is 0.541. The van der Waals surface area contributed by atoms with Crippen LogP contribution < -0.4 is 10.1 Å². The second-order valence-corrected chi connectivity index (χ2v) is 8.22.